The Kier molecular flexibility index (Phi) is 6.01. The fourth-order valence-electron chi connectivity index (χ4n) is 3.84. The number of rotatable bonds is 7. The summed E-state index contributed by atoms with van der Waals surface area (Å²) in [6.45, 7) is 0.980. The number of hydrogen-bond acceptors (Lipinski definition) is 7. The summed E-state index contributed by atoms with van der Waals surface area (Å²) in [6, 6.07) is 15.0. The molecule has 1 aliphatic heterocycles. The first-order valence-corrected chi connectivity index (χ1v) is 11.5. The molecule has 1 saturated heterocycles. The average molecular weight is 466 g/mol. The summed E-state index contributed by atoms with van der Waals surface area (Å²) in [5.74, 6) is 0.443. The van der Waals surface area contributed by atoms with E-state index in [1.807, 2.05) is 48.5 Å². The van der Waals surface area contributed by atoms with E-state index >= 15 is 0 Å². The molecular weight excluding hydrogens is 442 g/mol. The molecule has 5 rings (SSSR count). The van der Waals surface area contributed by atoms with Crippen LogP contribution in [0.2, 0.25) is 0 Å². The van der Waals surface area contributed by atoms with Crippen LogP contribution in [0.5, 0.6) is 5.75 Å². The van der Waals surface area contributed by atoms with Crippen LogP contribution < -0.4 is 15.7 Å². The van der Waals surface area contributed by atoms with E-state index in [1.165, 1.54) is 20.8 Å². The van der Waals surface area contributed by atoms with Gasteiger partial charge in [0.15, 0.2) is 5.65 Å². The molecule has 1 fully saturated rings. The lowest BCUT2D eigenvalue weighted by atomic mass is 10.2. The second kappa shape index (κ2) is 9.24. The predicted molar refractivity (Wildman–Crippen MR) is 124 cm³/mol. The lowest BCUT2D eigenvalue weighted by Gasteiger charge is -2.10. The predicted octanol–water partition coefficient (Wildman–Crippen LogP) is 2.50. The van der Waals surface area contributed by atoms with E-state index in [0.29, 0.717) is 28.3 Å². The number of aromatic nitrogens is 4. The third-order valence-corrected chi connectivity index (χ3v) is 6.43. The summed E-state index contributed by atoms with van der Waals surface area (Å²) < 4.78 is 13.6. The van der Waals surface area contributed by atoms with Crippen molar-refractivity contribution in [2.45, 2.75) is 35.4 Å². The van der Waals surface area contributed by atoms with E-state index in [2.05, 4.69) is 10.4 Å². The number of amides is 1. The molecule has 2 aromatic heterocycles. The van der Waals surface area contributed by atoms with E-state index < -0.39 is 0 Å². The van der Waals surface area contributed by atoms with E-state index in [9.17, 15) is 9.59 Å². The largest absolute Gasteiger partial charge is 0.497 e. The Balaban J connectivity index is 1.50. The van der Waals surface area contributed by atoms with Gasteiger partial charge in [-0.25, -0.2) is 18.9 Å². The van der Waals surface area contributed by atoms with Crippen molar-refractivity contribution in [1.29, 1.82) is 0 Å². The van der Waals surface area contributed by atoms with Crippen LogP contribution in [-0.2, 0) is 16.1 Å². The zero-order valence-electron chi connectivity index (χ0n) is 18.1. The SMILES string of the molecule is COc1cccc(Sc2nc3ccccc3n3c(=O)n(CC(=O)NC[C@@H]4CCCO4)nc23)c1. The average Bonchev–Trinajstić information content (AvgIpc) is 3.47. The number of nitrogens with one attached hydrogen (secondary N) is 1. The molecule has 0 bridgehead atoms. The normalized spacial score (nSPS) is 15.8. The number of para-hydroxylation sites is 2. The summed E-state index contributed by atoms with van der Waals surface area (Å²) in [5.41, 5.74) is 1.32. The van der Waals surface area contributed by atoms with Gasteiger partial charge in [0, 0.05) is 18.0 Å². The van der Waals surface area contributed by atoms with Gasteiger partial charge in [-0.15, -0.1) is 5.10 Å². The Hall–Kier alpha value is -3.37. The van der Waals surface area contributed by atoms with Gasteiger partial charge in [-0.05, 0) is 43.2 Å². The highest BCUT2D eigenvalue weighted by Crippen LogP contribution is 2.32. The van der Waals surface area contributed by atoms with E-state index in [0.717, 1.165) is 30.1 Å². The van der Waals surface area contributed by atoms with Crippen LogP contribution in [0.15, 0.2) is 63.2 Å². The molecular formula is C23H23N5O4S. The Morgan fingerprint density at radius 2 is 2.15 bits per heavy atom. The van der Waals surface area contributed by atoms with Crippen LogP contribution in [0.1, 0.15) is 12.8 Å². The lowest BCUT2D eigenvalue weighted by Crippen LogP contribution is -2.36. The minimum Gasteiger partial charge on any atom is -0.497 e. The number of carbonyl (C=O) groups is 1. The topological polar surface area (TPSA) is 99.8 Å². The zero-order valence-corrected chi connectivity index (χ0v) is 18.9. The van der Waals surface area contributed by atoms with Gasteiger partial charge in [0.25, 0.3) is 0 Å². The third kappa shape index (κ3) is 4.44. The highest BCUT2D eigenvalue weighted by molar-refractivity contribution is 7.99. The molecule has 10 heteroatoms. The quantitative estimate of drug-likeness (QED) is 0.448. The second-order valence-electron chi connectivity index (χ2n) is 7.73. The van der Waals surface area contributed by atoms with Gasteiger partial charge in [-0.3, -0.25) is 4.79 Å². The molecule has 2 aromatic carbocycles. The molecule has 1 atom stereocenters. The molecule has 0 saturated carbocycles. The van der Waals surface area contributed by atoms with Crippen LogP contribution >= 0.6 is 11.8 Å². The summed E-state index contributed by atoms with van der Waals surface area (Å²) >= 11 is 1.39. The van der Waals surface area contributed by atoms with Crippen LogP contribution in [0.25, 0.3) is 16.7 Å². The molecule has 1 aliphatic rings. The lowest BCUT2D eigenvalue weighted by molar-refractivity contribution is -0.122. The van der Waals surface area contributed by atoms with Crippen molar-refractivity contribution in [3.05, 3.63) is 59.0 Å². The van der Waals surface area contributed by atoms with Crippen molar-refractivity contribution in [1.82, 2.24) is 24.5 Å². The standard InChI is InChI=1S/C23H23N5O4S/c1-31-15-6-4-8-17(12-15)33-22-21-26-27(14-20(29)24-13-16-7-5-11-32-16)23(30)28(21)19-10-3-2-9-18(19)25-22/h2-4,6,8-10,12,16H,5,7,11,13-14H2,1H3,(H,24,29)/t16-/m0/s1. The fraction of sp³-hybridized carbons (Fsp3) is 0.304. The van der Waals surface area contributed by atoms with Crippen molar-refractivity contribution in [2.75, 3.05) is 20.3 Å². The molecule has 1 N–H and O–H groups in total. The molecule has 4 aromatic rings. The first kappa shape index (κ1) is 21.5. The highest BCUT2D eigenvalue weighted by Gasteiger charge is 2.20. The minimum atomic E-state index is -0.386. The van der Waals surface area contributed by atoms with Crippen LogP contribution in [0.4, 0.5) is 0 Å². The van der Waals surface area contributed by atoms with Gasteiger partial charge in [0.05, 0.1) is 24.2 Å². The fourth-order valence-corrected chi connectivity index (χ4v) is 4.76. The van der Waals surface area contributed by atoms with Gasteiger partial charge < -0.3 is 14.8 Å². The maximum absolute atomic E-state index is 13.2. The molecule has 9 nitrogen and oxygen atoms in total. The van der Waals surface area contributed by atoms with Crippen molar-refractivity contribution < 1.29 is 14.3 Å². The van der Waals surface area contributed by atoms with Crippen molar-refractivity contribution in [2.24, 2.45) is 0 Å². The molecule has 170 valence electrons. The van der Waals surface area contributed by atoms with Crippen LogP contribution in [0.3, 0.4) is 0 Å². The van der Waals surface area contributed by atoms with Crippen molar-refractivity contribution >= 4 is 34.3 Å². The van der Waals surface area contributed by atoms with E-state index in [4.69, 9.17) is 14.5 Å². The minimum absolute atomic E-state index is 0.0331. The summed E-state index contributed by atoms with van der Waals surface area (Å²) in [7, 11) is 1.61. The Labute approximate surface area is 193 Å². The summed E-state index contributed by atoms with van der Waals surface area (Å²) in [6.07, 6.45) is 1.96. The molecule has 0 aliphatic carbocycles. The number of ether oxygens (including phenoxy) is 2. The van der Waals surface area contributed by atoms with E-state index in [-0.39, 0.29) is 24.2 Å². The van der Waals surface area contributed by atoms with Gasteiger partial charge >= 0.3 is 5.69 Å². The smallest absolute Gasteiger partial charge is 0.351 e. The Bertz CT molecular complexity index is 1380. The summed E-state index contributed by atoms with van der Waals surface area (Å²) in [4.78, 5) is 31.4. The first-order valence-electron chi connectivity index (χ1n) is 10.7. The number of carbonyl (C=O) groups excluding carboxylic acids is 1. The molecule has 0 radical (unpaired) electrons. The molecule has 1 amide bonds. The van der Waals surface area contributed by atoms with Gasteiger partial charge in [-0.2, -0.15) is 0 Å². The Morgan fingerprint density at radius 3 is 2.97 bits per heavy atom. The molecule has 0 unspecified atom stereocenters. The summed E-state index contributed by atoms with van der Waals surface area (Å²) in [5, 5.41) is 7.89. The molecule has 0 spiro atoms. The third-order valence-electron chi connectivity index (χ3n) is 5.48. The number of methoxy groups -OCH3 is 1. The zero-order chi connectivity index (χ0) is 22.8. The van der Waals surface area contributed by atoms with Crippen LogP contribution in [-0.4, -0.2) is 51.4 Å². The first-order chi connectivity index (χ1) is 16.1. The Morgan fingerprint density at radius 1 is 1.27 bits per heavy atom. The van der Waals surface area contributed by atoms with Crippen molar-refractivity contribution in [3.63, 3.8) is 0 Å². The van der Waals surface area contributed by atoms with E-state index in [1.54, 1.807) is 7.11 Å². The number of benzene rings is 2. The van der Waals surface area contributed by atoms with Gasteiger partial charge in [-0.1, -0.05) is 30.0 Å². The maximum Gasteiger partial charge on any atom is 0.351 e. The van der Waals surface area contributed by atoms with Gasteiger partial charge in [0.1, 0.15) is 17.3 Å². The maximum atomic E-state index is 13.2. The monoisotopic (exact) mass is 465 g/mol. The number of hydrogen-bond donors (Lipinski definition) is 1. The second-order valence-corrected chi connectivity index (χ2v) is 8.79. The highest BCUT2D eigenvalue weighted by atomic mass is 32.2. The van der Waals surface area contributed by atoms with Crippen molar-refractivity contribution in [3.8, 4) is 5.75 Å². The van der Waals surface area contributed by atoms with Crippen LogP contribution in [0, 0.1) is 0 Å². The molecule has 33 heavy (non-hydrogen) atoms. The molecule has 3 heterocycles. The number of nitrogens with zero attached hydrogens (tertiary/aromatic N) is 4. The number of fused-ring (bicyclic) bond motifs is 3. The van der Waals surface area contributed by atoms with Gasteiger partial charge in [0.2, 0.25) is 5.91 Å².